The molecule has 1 rings (SSSR count). The zero-order valence-corrected chi connectivity index (χ0v) is 9.22. The minimum absolute atomic E-state index is 0.0116. The van der Waals surface area contributed by atoms with E-state index in [0.717, 1.165) is 0 Å². The van der Waals surface area contributed by atoms with Crippen LogP contribution >= 0.6 is 0 Å². The van der Waals surface area contributed by atoms with Gasteiger partial charge in [0.2, 0.25) is 0 Å². The van der Waals surface area contributed by atoms with Gasteiger partial charge < -0.3 is 4.55 Å². The molecule has 0 aromatic carbocycles. The number of alkyl halides is 2. The molecule has 86 valence electrons. The van der Waals surface area contributed by atoms with Crippen LogP contribution < -0.4 is 4.31 Å². The Balaban J connectivity index is 3.28. The molecule has 0 saturated carbocycles. The third-order valence-electron chi connectivity index (χ3n) is 2.03. The Labute approximate surface area is 88.1 Å². The standard InChI is InChI=1S/C7H11F2N3O2S/c1-4-6(5(2)11(3)10-4)12(7(8)9)15(13)14/h7H,1-3H3,(H,13,14)/p-1. The minimum Gasteiger partial charge on any atom is -0.755 e. The molecule has 1 aromatic heterocycles. The molecule has 15 heavy (non-hydrogen) atoms. The average molecular weight is 238 g/mol. The van der Waals surface area contributed by atoms with Crippen LogP contribution in [0.15, 0.2) is 0 Å². The van der Waals surface area contributed by atoms with Gasteiger partial charge in [-0.1, -0.05) is 0 Å². The number of rotatable bonds is 3. The maximum absolute atomic E-state index is 12.5. The van der Waals surface area contributed by atoms with E-state index >= 15 is 0 Å². The monoisotopic (exact) mass is 238 g/mol. The van der Waals surface area contributed by atoms with Crippen LogP contribution in [0, 0.1) is 13.8 Å². The fourth-order valence-corrected chi connectivity index (χ4v) is 1.86. The first-order valence-electron chi connectivity index (χ1n) is 4.03. The number of hydrogen-bond donors (Lipinski definition) is 0. The van der Waals surface area contributed by atoms with Crippen LogP contribution in [0.3, 0.4) is 0 Å². The molecule has 1 aromatic rings. The molecule has 0 aliphatic heterocycles. The maximum Gasteiger partial charge on any atom is 0.325 e. The molecule has 0 spiro atoms. The predicted octanol–water partition coefficient (Wildman–Crippen LogP) is 0.860. The van der Waals surface area contributed by atoms with Crippen LogP contribution in [0.1, 0.15) is 11.4 Å². The van der Waals surface area contributed by atoms with Crippen molar-refractivity contribution in [1.82, 2.24) is 9.78 Å². The largest absolute Gasteiger partial charge is 0.755 e. The summed E-state index contributed by atoms with van der Waals surface area (Å²) in [5.41, 5.74) is 0.553. The Kier molecular flexibility index (Phi) is 3.40. The fourth-order valence-electron chi connectivity index (χ4n) is 1.32. The lowest BCUT2D eigenvalue weighted by atomic mass is 10.3. The van der Waals surface area contributed by atoms with Crippen LogP contribution in [0.2, 0.25) is 0 Å². The molecule has 0 aliphatic rings. The van der Waals surface area contributed by atoms with Crippen molar-refractivity contribution >= 4 is 17.0 Å². The van der Waals surface area contributed by atoms with Crippen LogP contribution in [-0.2, 0) is 18.3 Å². The van der Waals surface area contributed by atoms with Crippen molar-refractivity contribution < 1.29 is 17.5 Å². The number of anilines is 1. The first-order valence-corrected chi connectivity index (χ1v) is 5.06. The van der Waals surface area contributed by atoms with E-state index in [1.807, 2.05) is 0 Å². The predicted molar refractivity (Wildman–Crippen MR) is 50.1 cm³/mol. The summed E-state index contributed by atoms with van der Waals surface area (Å²) in [6, 6.07) is 0. The minimum atomic E-state index is -3.11. The van der Waals surface area contributed by atoms with Crippen molar-refractivity contribution in [2.24, 2.45) is 7.05 Å². The molecule has 0 bridgehead atoms. The van der Waals surface area contributed by atoms with Crippen molar-refractivity contribution in [3.8, 4) is 0 Å². The lowest BCUT2D eigenvalue weighted by molar-refractivity contribution is 0.161. The Morgan fingerprint density at radius 3 is 2.33 bits per heavy atom. The molecular weight excluding hydrogens is 228 g/mol. The second-order valence-electron chi connectivity index (χ2n) is 2.96. The average Bonchev–Trinajstić information content (AvgIpc) is 2.31. The van der Waals surface area contributed by atoms with Crippen LogP contribution in [0.5, 0.6) is 0 Å². The zero-order valence-electron chi connectivity index (χ0n) is 8.40. The van der Waals surface area contributed by atoms with Gasteiger partial charge in [-0.05, 0) is 13.8 Å². The highest BCUT2D eigenvalue weighted by molar-refractivity contribution is 7.80. The van der Waals surface area contributed by atoms with Crippen molar-refractivity contribution in [3.63, 3.8) is 0 Å². The van der Waals surface area contributed by atoms with Gasteiger partial charge in [0.1, 0.15) is 0 Å². The summed E-state index contributed by atoms with van der Waals surface area (Å²) in [5, 5.41) is 3.86. The van der Waals surface area contributed by atoms with Gasteiger partial charge in [-0.2, -0.15) is 13.9 Å². The summed E-state index contributed by atoms with van der Waals surface area (Å²) in [4.78, 5) is 0. The highest BCUT2D eigenvalue weighted by Crippen LogP contribution is 2.27. The normalized spacial score (nSPS) is 13.3. The van der Waals surface area contributed by atoms with Gasteiger partial charge in [0, 0.05) is 7.05 Å². The molecule has 0 aliphatic carbocycles. The maximum atomic E-state index is 12.5. The van der Waals surface area contributed by atoms with Crippen LogP contribution in [0.25, 0.3) is 0 Å². The van der Waals surface area contributed by atoms with Gasteiger partial charge in [0.15, 0.2) is 0 Å². The molecule has 0 radical (unpaired) electrons. The van der Waals surface area contributed by atoms with Crippen molar-refractivity contribution in [2.75, 3.05) is 4.31 Å². The Bertz CT molecular complexity index is 394. The molecule has 1 unspecified atom stereocenters. The molecule has 1 atom stereocenters. The zero-order chi connectivity index (χ0) is 11.7. The number of hydrogen-bond acceptors (Lipinski definition) is 3. The first-order chi connectivity index (χ1) is 6.86. The van der Waals surface area contributed by atoms with E-state index in [-0.39, 0.29) is 15.7 Å². The number of aromatic nitrogens is 2. The lowest BCUT2D eigenvalue weighted by Crippen LogP contribution is -2.31. The van der Waals surface area contributed by atoms with Gasteiger partial charge in [-0.25, -0.2) is 4.31 Å². The Hall–Kier alpha value is -1.02. The highest BCUT2D eigenvalue weighted by Gasteiger charge is 2.24. The summed E-state index contributed by atoms with van der Waals surface area (Å²) in [7, 11) is 1.56. The second kappa shape index (κ2) is 4.23. The van der Waals surface area contributed by atoms with Gasteiger partial charge >= 0.3 is 6.55 Å². The van der Waals surface area contributed by atoms with E-state index in [1.54, 1.807) is 7.05 Å². The van der Waals surface area contributed by atoms with Crippen LogP contribution in [-0.4, -0.2) is 25.1 Å². The van der Waals surface area contributed by atoms with E-state index < -0.39 is 17.8 Å². The SMILES string of the molecule is Cc1nn(C)c(C)c1N(C(F)F)S(=O)[O-]. The topological polar surface area (TPSA) is 61.2 Å². The van der Waals surface area contributed by atoms with Crippen molar-refractivity contribution in [1.29, 1.82) is 0 Å². The summed E-state index contributed by atoms with van der Waals surface area (Å²) in [6.45, 7) is -0.104. The van der Waals surface area contributed by atoms with Crippen molar-refractivity contribution in [2.45, 2.75) is 20.4 Å². The summed E-state index contributed by atoms with van der Waals surface area (Å²) < 4.78 is 47.7. The van der Waals surface area contributed by atoms with E-state index in [2.05, 4.69) is 5.10 Å². The molecule has 1 heterocycles. The van der Waals surface area contributed by atoms with Gasteiger partial charge in [-0.3, -0.25) is 8.89 Å². The molecule has 0 saturated heterocycles. The molecular formula is C7H10F2N3O2S-. The second-order valence-corrected chi connectivity index (χ2v) is 3.79. The summed E-state index contributed by atoms with van der Waals surface area (Å²) in [5.74, 6) is 0. The first kappa shape index (κ1) is 12.1. The van der Waals surface area contributed by atoms with E-state index in [4.69, 9.17) is 0 Å². The lowest BCUT2D eigenvalue weighted by Gasteiger charge is -2.25. The Morgan fingerprint density at radius 2 is 2.07 bits per heavy atom. The van der Waals surface area contributed by atoms with E-state index in [9.17, 15) is 17.5 Å². The smallest absolute Gasteiger partial charge is 0.325 e. The number of halogens is 2. The molecule has 0 N–H and O–H groups in total. The quantitative estimate of drug-likeness (QED) is 0.579. The third kappa shape index (κ3) is 2.15. The Morgan fingerprint density at radius 1 is 1.53 bits per heavy atom. The van der Waals surface area contributed by atoms with Crippen LogP contribution in [0.4, 0.5) is 14.5 Å². The fraction of sp³-hybridized carbons (Fsp3) is 0.571. The summed E-state index contributed by atoms with van der Waals surface area (Å²) in [6.07, 6.45) is 0. The molecule has 0 fully saturated rings. The van der Waals surface area contributed by atoms with E-state index in [1.165, 1.54) is 18.5 Å². The van der Waals surface area contributed by atoms with Gasteiger partial charge in [0.25, 0.3) is 0 Å². The summed E-state index contributed by atoms with van der Waals surface area (Å²) >= 11 is -3.01. The van der Waals surface area contributed by atoms with Crippen molar-refractivity contribution in [3.05, 3.63) is 11.4 Å². The molecule has 8 heteroatoms. The highest BCUT2D eigenvalue weighted by atomic mass is 32.2. The van der Waals surface area contributed by atoms with E-state index in [0.29, 0.717) is 5.69 Å². The van der Waals surface area contributed by atoms with Gasteiger partial charge in [-0.15, -0.1) is 0 Å². The number of nitrogens with zero attached hydrogens (tertiary/aromatic N) is 3. The van der Waals surface area contributed by atoms with Gasteiger partial charge in [0.05, 0.1) is 28.3 Å². The number of aryl methyl sites for hydroxylation is 2. The third-order valence-corrected chi connectivity index (χ3v) is 2.69. The molecule has 0 amide bonds. The molecule has 5 nitrogen and oxygen atoms in total.